The molecule has 0 radical (unpaired) electrons. The Kier molecular flexibility index (Phi) is 3.70. The number of thiocarbonyl (C=S) groups is 1. The van der Waals surface area contributed by atoms with Crippen molar-refractivity contribution in [2.75, 3.05) is 0 Å². The van der Waals surface area contributed by atoms with Crippen molar-refractivity contribution in [3.8, 4) is 5.82 Å². The van der Waals surface area contributed by atoms with E-state index >= 15 is 0 Å². The molecule has 0 saturated carbocycles. The Bertz CT molecular complexity index is 659. The van der Waals surface area contributed by atoms with Crippen LogP contribution in [0.2, 0.25) is 0 Å². The van der Waals surface area contributed by atoms with E-state index in [2.05, 4.69) is 15.1 Å². The zero-order valence-corrected chi connectivity index (χ0v) is 11.5. The van der Waals surface area contributed by atoms with Gasteiger partial charge in [-0.1, -0.05) is 26.1 Å². The van der Waals surface area contributed by atoms with Gasteiger partial charge in [-0.3, -0.25) is 4.79 Å². The van der Waals surface area contributed by atoms with Gasteiger partial charge in [0.05, 0.1) is 0 Å². The SMILES string of the molecule is CC(C)Cn1ccnc(-n2cnc(C(N)=S)n2)c1=O. The summed E-state index contributed by atoms with van der Waals surface area (Å²) in [5, 5.41) is 4.02. The lowest BCUT2D eigenvalue weighted by atomic mass is 10.2. The van der Waals surface area contributed by atoms with Crippen molar-refractivity contribution >= 4 is 17.2 Å². The fraction of sp³-hybridized carbons (Fsp3) is 0.364. The van der Waals surface area contributed by atoms with Crippen LogP contribution in [-0.2, 0) is 6.54 Å². The van der Waals surface area contributed by atoms with Crippen LogP contribution < -0.4 is 11.3 Å². The van der Waals surface area contributed by atoms with Crippen LogP contribution in [0, 0.1) is 5.92 Å². The Hall–Kier alpha value is -2.09. The molecule has 19 heavy (non-hydrogen) atoms. The van der Waals surface area contributed by atoms with E-state index < -0.39 is 0 Å². The highest BCUT2D eigenvalue weighted by Gasteiger charge is 2.11. The summed E-state index contributed by atoms with van der Waals surface area (Å²) in [5.41, 5.74) is 5.20. The van der Waals surface area contributed by atoms with Crippen molar-refractivity contribution in [1.82, 2.24) is 24.3 Å². The second kappa shape index (κ2) is 5.27. The molecule has 0 fully saturated rings. The first-order chi connectivity index (χ1) is 8.99. The molecule has 0 aliphatic carbocycles. The summed E-state index contributed by atoms with van der Waals surface area (Å²) in [5.74, 6) is 0.754. The maximum atomic E-state index is 12.2. The van der Waals surface area contributed by atoms with Gasteiger partial charge < -0.3 is 10.3 Å². The molecule has 0 aliphatic rings. The van der Waals surface area contributed by atoms with Crippen molar-refractivity contribution < 1.29 is 0 Å². The quantitative estimate of drug-likeness (QED) is 0.798. The topological polar surface area (TPSA) is 91.6 Å². The second-order valence-corrected chi connectivity index (χ2v) is 4.92. The largest absolute Gasteiger partial charge is 0.387 e. The summed E-state index contributed by atoms with van der Waals surface area (Å²) < 4.78 is 2.88. The van der Waals surface area contributed by atoms with Gasteiger partial charge in [-0.2, -0.15) is 4.68 Å². The first-order valence-corrected chi connectivity index (χ1v) is 6.17. The van der Waals surface area contributed by atoms with Crippen molar-refractivity contribution in [3.05, 3.63) is 34.9 Å². The van der Waals surface area contributed by atoms with E-state index in [1.807, 2.05) is 13.8 Å². The molecule has 100 valence electrons. The Morgan fingerprint density at radius 1 is 1.47 bits per heavy atom. The van der Waals surface area contributed by atoms with Crippen LogP contribution in [0.5, 0.6) is 0 Å². The zero-order valence-electron chi connectivity index (χ0n) is 10.6. The van der Waals surface area contributed by atoms with E-state index in [1.165, 1.54) is 11.0 Å². The molecule has 2 aromatic heterocycles. The van der Waals surface area contributed by atoms with E-state index in [0.717, 1.165) is 0 Å². The summed E-state index contributed by atoms with van der Waals surface area (Å²) in [4.78, 5) is 20.3. The fourth-order valence-electron chi connectivity index (χ4n) is 1.61. The van der Waals surface area contributed by atoms with Crippen molar-refractivity contribution in [1.29, 1.82) is 0 Å². The summed E-state index contributed by atoms with van der Waals surface area (Å²) in [6, 6.07) is 0. The molecular formula is C11H14N6OS. The van der Waals surface area contributed by atoms with Gasteiger partial charge in [-0.25, -0.2) is 9.97 Å². The number of nitrogens with two attached hydrogens (primary N) is 1. The highest BCUT2D eigenvalue weighted by molar-refractivity contribution is 7.80. The van der Waals surface area contributed by atoms with Crippen molar-refractivity contribution in [2.24, 2.45) is 11.7 Å². The summed E-state index contributed by atoms with van der Waals surface area (Å²) in [7, 11) is 0. The third-order valence-corrected chi connectivity index (χ3v) is 2.57. The predicted molar refractivity (Wildman–Crippen MR) is 74.1 cm³/mol. The average molecular weight is 278 g/mol. The number of aromatic nitrogens is 5. The Labute approximate surface area is 115 Å². The molecule has 0 aliphatic heterocycles. The number of hydrogen-bond acceptors (Lipinski definition) is 5. The smallest absolute Gasteiger partial charge is 0.295 e. The molecule has 0 saturated heterocycles. The Balaban J connectivity index is 2.44. The molecule has 2 heterocycles. The minimum atomic E-state index is -0.226. The Morgan fingerprint density at radius 2 is 2.21 bits per heavy atom. The van der Waals surface area contributed by atoms with E-state index in [4.69, 9.17) is 18.0 Å². The standard InChI is InChI=1S/C11H14N6OS/c1-7(2)5-16-4-3-13-10(11(16)18)17-6-14-9(15-17)8(12)19/h3-4,6-7H,5H2,1-2H3,(H2,12,19). The third kappa shape index (κ3) is 2.84. The lowest BCUT2D eigenvalue weighted by Gasteiger charge is -2.09. The molecule has 2 rings (SSSR count). The number of rotatable bonds is 4. The van der Waals surface area contributed by atoms with Gasteiger partial charge in [-0.15, -0.1) is 5.10 Å². The zero-order chi connectivity index (χ0) is 14.0. The molecule has 0 atom stereocenters. The molecule has 0 unspecified atom stereocenters. The lowest BCUT2D eigenvalue weighted by Crippen LogP contribution is -2.27. The van der Waals surface area contributed by atoms with E-state index in [0.29, 0.717) is 12.5 Å². The maximum absolute atomic E-state index is 12.2. The predicted octanol–water partition coefficient (Wildman–Crippen LogP) is 0.114. The number of hydrogen-bond donors (Lipinski definition) is 1. The van der Waals surface area contributed by atoms with Crippen LogP contribution in [0.1, 0.15) is 19.7 Å². The molecule has 7 nitrogen and oxygen atoms in total. The van der Waals surface area contributed by atoms with Gasteiger partial charge in [0.25, 0.3) is 5.56 Å². The minimum absolute atomic E-state index is 0.0807. The van der Waals surface area contributed by atoms with Crippen LogP contribution in [0.3, 0.4) is 0 Å². The molecule has 2 N–H and O–H groups in total. The van der Waals surface area contributed by atoms with Crippen LogP contribution in [0.15, 0.2) is 23.5 Å². The van der Waals surface area contributed by atoms with Crippen LogP contribution >= 0.6 is 12.2 Å². The van der Waals surface area contributed by atoms with E-state index in [-0.39, 0.29) is 22.2 Å². The third-order valence-electron chi connectivity index (χ3n) is 2.39. The highest BCUT2D eigenvalue weighted by Crippen LogP contribution is 1.99. The summed E-state index contributed by atoms with van der Waals surface area (Å²) in [6.07, 6.45) is 4.58. The molecule has 0 bridgehead atoms. The molecule has 8 heteroatoms. The second-order valence-electron chi connectivity index (χ2n) is 4.48. The maximum Gasteiger partial charge on any atom is 0.295 e. The molecular weight excluding hydrogens is 264 g/mol. The van der Waals surface area contributed by atoms with E-state index in [9.17, 15) is 4.79 Å². The molecule has 0 spiro atoms. The monoisotopic (exact) mass is 278 g/mol. The van der Waals surface area contributed by atoms with Gasteiger partial charge >= 0.3 is 0 Å². The Morgan fingerprint density at radius 3 is 2.79 bits per heavy atom. The van der Waals surface area contributed by atoms with Crippen LogP contribution in [-0.4, -0.2) is 29.3 Å². The first kappa shape index (κ1) is 13.3. The first-order valence-electron chi connectivity index (χ1n) is 5.76. The van der Waals surface area contributed by atoms with Gasteiger partial charge in [-0.05, 0) is 5.92 Å². The number of nitrogens with zero attached hydrogens (tertiary/aromatic N) is 5. The fourth-order valence-corrected chi connectivity index (χ4v) is 1.70. The van der Waals surface area contributed by atoms with Gasteiger partial charge in [0, 0.05) is 18.9 Å². The van der Waals surface area contributed by atoms with Gasteiger partial charge in [0.1, 0.15) is 11.3 Å². The summed E-state index contributed by atoms with van der Waals surface area (Å²) in [6.45, 7) is 4.69. The molecule has 0 aromatic carbocycles. The van der Waals surface area contributed by atoms with E-state index in [1.54, 1.807) is 17.0 Å². The van der Waals surface area contributed by atoms with Crippen LogP contribution in [0.25, 0.3) is 5.82 Å². The van der Waals surface area contributed by atoms with Crippen LogP contribution in [0.4, 0.5) is 0 Å². The lowest BCUT2D eigenvalue weighted by molar-refractivity contribution is 0.506. The molecule has 2 aromatic rings. The van der Waals surface area contributed by atoms with Gasteiger partial charge in [0.15, 0.2) is 0 Å². The van der Waals surface area contributed by atoms with Gasteiger partial charge in [0.2, 0.25) is 11.6 Å². The summed E-state index contributed by atoms with van der Waals surface area (Å²) >= 11 is 4.78. The minimum Gasteiger partial charge on any atom is -0.387 e. The molecule has 0 amide bonds. The normalized spacial score (nSPS) is 10.9. The average Bonchev–Trinajstić information content (AvgIpc) is 2.80. The van der Waals surface area contributed by atoms with Crippen molar-refractivity contribution in [2.45, 2.75) is 20.4 Å². The van der Waals surface area contributed by atoms with Crippen molar-refractivity contribution in [3.63, 3.8) is 0 Å². The highest BCUT2D eigenvalue weighted by atomic mass is 32.1.